The van der Waals surface area contributed by atoms with Crippen molar-refractivity contribution >= 4 is 35.3 Å². The lowest BCUT2D eigenvalue weighted by atomic mass is 10.1. The summed E-state index contributed by atoms with van der Waals surface area (Å²) in [4.78, 5) is 41.0. The number of alkyl halides is 5. The number of aromatic nitrogens is 8. The predicted molar refractivity (Wildman–Crippen MR) is 217 cm³/mol. The molecule has 0 atom stereocenters. The van der Waals surface area contributed by atoms with Gasteiger partial charge in [-0.25, -0.2) is 4.39 Å². The van der Waals surface area contributed by atoms with Gasteiger partial charge in [0.25, 0.3) is 11.8 Å². The fourth-order valence-electron chi connectivity index (χ4n) is 5.69. The van der Waals surface area contributed by atoms with Crippen LogP contribution in [-0.4, -0.2) is 58.4 Å². The number of aromatic amines is 2. The molecule has 8 aromatic rings. The number of H-pyrrole nitrogens is 2. The van der Waals surface area contributed by atoms with Crippen LogP contribution in [0.4, 0.5) is 38.2 Å². The number of nitrogens with zero attached hydrogens (tertiary/aromatic N) is 6. The van der Waals surface area contributed by atoms with Crippen molar-refractivity contribution in [3.8, 4) is 57.3 Å². The lowest BCUT2D eigenvalue weighted by molar-refractivity contribution is -0.286. The Labute approximate surface area is 365 Å². The lowest BCUT2D eigenvalue weighted by Gasteiger charge is -2.10. The molecular formula is C42H25ClF6N10O6. The number of hydrogen-bond acceptors (Lipinski definition) is 12. The summed E-state index contributed by atoms with van der Waals surface area (Å²) in [6.07, 6.45) is -2.14. The van der Waals surface area contributed by atoms with Crippen LogP contribution in [0.2, 0.25) is 5.02 Å². The molecule has 9 rings (SSSR count). The van der Waals surface area contributed by atoms with Crippen molar-refractivity contribution in [1.29, 1.82) is 0 Å². The molecule has 1 aliphatic rings. The fraction of sp³-hybridized carbons (Fsp3) is 0.0476. The maximum absolute atomic E-state index is 14.2. The molecule has 16 nitrogen and oxygen atoms in total. The minimum absolute atomic E-state index is 0.0173. The zero-order valence-electron chi connectivity index (χ0n) is 32.4. The van der Waals surface area contributed by atoms with Crippen LogP contribution < -0.4 is 29.6 Å². The van der Waals surface area contributed by atoms with E-state index in [1.807, 2.05) is 0 Å². The van der Waals surface area contributed by atoms with Gasteiger partial charge < -0.3 is 18.9 Å². The molecule has 0 unspecified atom stereocenters. The number of hydrogen-bond donors (Lipinski definition) is 4. The normalized spacial score (nSPS) is 12.4. The molecule has 0 saturated carbocycles. The molecule has 4 aromatic carbocycles. The Kier molecular flexibility index (Phi) is 12.0. The molecule has 23 heteroatoms. The van der Waals surface area contributed by atoms with Crippen molar-refractivity contribution in [3.05, 3.63) is 155 Å². The Morgan fingerprint density at radius 3 is 1.69 bits per heavy atom. The lowest BCUT2D eigenvalue weighted by Crippen LogP contribution is -2.25. The molecule has 2 amide bonds. The molecule has 0 radical (unpaired) electrons. The second-order valence-corrected chi connectivity index (χ2v) is 13.6. The number of carbonyl (C=O) groups excluding carboxylic acids is 2. The molecule has 65 heavy (non-hydrogen) atoms. The SMILES string of the molecule is O=C(Nc1n[nH]c(-c2ccc(Oc3cccnc3)cc2)n1)c1cc(C(F)(F)F)cc(Cl)c1F.O=C(Nc1n[nH]c(-c2ccc(Oc3cccnc3)cc2)n1)c1ccc2c(c1)OC(F)(F)O2. The van der Waals surface area contributed by atoms with Gasteiger partial charge in [0.2, 0.25) is 11.9 Å². The smallest absolute Gasteiger partial charge is 0.456 e. The van der Waals surface area contributed by atoms with E-state index in [2.05, 4.69) is 60.4 Å². The van der Waals surface area contributed by atoms with Gasteiger partial charge in [0.15, 0.2) is 29.0 Å². The molecular weight excluding hydrogens is 890 g/mol. The van der Waals surface area contributed by atoms with E-state index in [1.165, 1.54) is 12.1 Å². The van der Waals surface area contributed by atoms with E-state index in [4.69, 9.17) is 21.1 Å². The number of amides is 2. The van der Waals surface area contributed by atoms with E-state index in [0.29, 0.717) is 52.1 Å². The van der Waals surface area contributed by atoms with E-state index in [0.717, 1.165) is 6.07 Å². The quantitative estimate of drug-likeness (QED) is 0.0947. The Bertz CT molecular complexity index is 2980. The van der Waals surface area contributed by atoms with Crippen LogP contribution in [0.25, 0.3) is 22.8 Å². The summed E-state index contributed by atoms with van der Waals surface area (Å²) < 4.78 is 99.3. The summed E-state index contributed by atoms with van der Waals surface area (Å²) in [5.41, 5.74) is -0.786. The van der Waals surface area contributed by atoms with Crippen LogP contribution in [0.15, 0.2) is 128 Å². The zero-order valence-corrected chi connectivity index (χ0v) is 33.2. The van der Waals surface area contributed by atoms with Gasteiger partial charge in [0.1, 0.15) is 23.0 Å². The van der Waals surface area contributed by atoms with Gasteiger partial charge >= 0.3 is 12.5 Å². The summed E-state index contributed by atoms with van der Waals surface area (Å²) in [6.45, 7) is 0. The van der Waals surface area contributed by atoms with Crippen molar-refractivity contribution in [3.63, 3.8) is 0 Å². The Morgan fingerprint density at radius 2 is 1.18 bits per heavy atom. The van der Waals surface area contributed by atoms with Crippen LogP contribution in [-0.2, 0) is 6.18 Å². The summed E-state index contributed by atoms with van der Waals surface area (Å²) in [5, 5.41) is 16.9. The first-order valence-corrected chi connectivity index (χ1v) is 18.8. The summed E-state index contributed by atoms with van der Waals surface area (Å²) >= 11 is 5.51. The maximum atomic E-state index is 14.2. The van der Waals surface area contributed by atoms with Crippen LogP contribution in [0.1, 0.15) is 26.3 Å². The van der Waals surface area contributed by atoms with E-state index < -0.39 is 46.3 Å². The highest BCUT2D eigenvalue weighted by molar-refractivity contribution is 6.31. The number of anilines is 2. The molecule has 0 spiro atoms. The first-order valence-electron chi connectivity index (χ1n) is 18.5. The largest absolute Gasteiger partial charge is 0.586 e. The van der Waals surface area contributed by atoms with Crippen molar-refractivity contribution in [1.82, 2.24) is 40.3 Å². The third-order valence-corrected chi connectivity index (χ3v) is 8.96. The molecule has 0 aliphatic carbocycles. The van der Waals surface area contributed by atoms with Crippen molar-refractivity contribution in [2.75, 3.05) is 10.6 Å². The number of ether oxygens (including phenoxy) is 4. The minimum atomic E-state index is -4.81. The zero-order chi connectivity index (χ0) is 45.7. The fourth-order valence-corrected chi connectivity index (χ4v) is 5.91. The topological polar surface area (TPSA) is 204 Å². The van der Waals surface area contributed by atoms with Crippen LogP contribution in [0.5, 0.6) is 34.5 Å². The first-order chi connectivity index (χ1) is 31.2. The van der Waals surface area contributed by atoms with E-state index >= 15 is 0 Å². The standard InChI is InChI=1S/C21H12ClF4N5O2.C21H13F2N5O4/c22-16-9-12(21(24,25)26)8-15(17(16)23)19(32)29-20-28-18(30-31-20)11-3-5-13(6-4-11)33-14-2-1-7-27-10-14;22-21(23)31-16-8-5-13(10-17(16)32-21)19(29)26-20-25-18(27-28-20)12-3-6-14(7-4-12)30-15-2-1-9-24-11-15/h1-10H,(H2,28,29,30,31,32);1-11H,(H2,25,26,27,28,29). The highest BCUT2D eigenvalue weighted by Gasteiger charge is 2.43. The number of pyridine rings is 2. The second kappa shape index (κ2) is 18.1. The van der Waals surface area contributed by atoms with Crippen molar-refractivity contribution in [2.45, 2.75) is 12.5 Å². The first kappa shape index (κ1) is 43.1. The molecule has 4 aromatic heterocycles. The summed E-state index contributed by atoms with van der Waals surface area (Å²) in [5.74, 6) is -0.726. The highest BCUT2D eigenvalue weighted by Crippen LogP contribution is 2.41. The molecule has 328 valence electrons. The Balaban J connectivity index is 0.000000177. The molecule has 1 aliphatic heterocycles. The minimum Gasteiger partial charge on any atom is -0.456 e. The number of halogens is 7. The average molecular weight is 915 g/mol. The third-order valence-electron chi connectivity index (χ3n) is 8.68. The highest BCUT2D eigenvalue weighted by atomic mass is 35.5. The van der Waals surface area contributed by atoms with Crippen LogP contribution in [0, 0.1) is 5.82 Å². The molecule has 4 N–H and O–H groups in total. The van der Waals surface area contributed by atoms with E-state index in [9.17, 15) is 35.9 Å². The molecule has 5 heterocycles. The van der Waals surface area contributed by atoms with Gasteiger partial charge in [0, 0.05) is 29.1 Å². The van der Waals surface area contributed by atoms with Crippen molar-refractivity contribution in [2.24, 2.45) is 0 Å². The van der Waals surface area contributed by atoms with Gasteiger partial charge in [-0.3, -0.25) is 40.4 Å². The molecule has 0 saturated heterocycles. The summed E-state index contributed by atoms with van der Waals surface area (Å²) in [7, 11) is 0. The monoisotopic (exact) mass is 914 g/mol. The van der Waals surface area contributed by atoms with Gasteiger partial charge in [-0.15, -0.1) is 19.0 Å². The number of carbonyl (C=O) groups is 2. The van der Waals surface area contributed by atoms with Crippen LogP contribution >= 0.6 is 11.6 Å². The second-order valence-electron chi connectivity index (χ2n) is 13.2. The van der Waals surface area contributed by atoms with E-state index in [-0.39, 0.29) is 34.8 Å². The Hall–Kier alpha value is -8.53. The predicted octanol–water partition coefficient (Wildman–Crippen LogP) is 9.96. The summed E-state index contributed by atoms with van der Waals surface area (Å²) in [6, 6.07) is 25.2. The third kappa shape index (κ3) is 10.6. The van der Waals surface area contributed by atoms with Crippen molar-refractivity contribution < 1.29 is 54.9 Å². The number of rotatable bonds is 10. The maximum Gasteiger partial charge on any atom is 0.586 e. The average Bonchev–Trinajstić information content (AvgIpc) is 4.03. The van der Waals surface area contributed by atoms with Gasteiger partial charge in [-0.2, -0.15) is 23.1 Å². The van der Waals surface area contributed by atoms with Gasteiger partial charge in [-0.05, 0) is 103 Å². The van der Waals surface area contributed by atoms with Gasteiger partial charge in [-0.1, -0.05) is 11.6 Å². The molecule has 0 bridgehead atoms. The number of nitrogens with one attached hydrogen (secondary N) is 4. The number of fused-ring (bicyclic) bond motifs is 1. The number of benzene rings is 4. The van der Waals surface area contributed by atoms with Crippen LogP contribution in [0.3, 0.4) is 0 Å². The van der Waals surface area contributed by atoms with Gasteiger partial charge in [0.05, 0.1) is 28.5 Å². The molecule has 0 fully saturated rings. The Morgan fingerprint density at radius 1 is 0.662 bits per heavy atom. The van der Waals surface area contributed by atoms with E-state index in [1.54, 1.807) is 97.6 Å².